The zero-order valence-electron chi connectivity index (χ0n) is 30.8. The summed E-state index contributed by atoms with van der Waals surface area (Å²) < 4.78 is 34.2. The van der Waals surface area contributed by atoms with Crippen molar-refractivity contribution < 1.29 is 52.8 Å². The summed E-state index contributed by atoms with van der Waals surface area (Å²) in [6.45, 7) is 5.44. The van der Waals surface area contributed by atoms with Crippen molar-refractivity contribution in [2.24, 2.45) is 34.5 Å². The smallest absolute Gasteiger partial charge is 0.252 e. The third-order valence-electron chi connectivity index (χ3n) is 13.4. The number of nitrogens with one attached hydrogen (secondary N) is 2. The van der Waals surface area contributed by atoms with Crippen LogP contribution in [-0.4, -0.2) is 103 Å². The van der Waals surface area contributed by atoms with Crippen LogP contribution >= 0.6 is 0 Å². The van der Waals surface area contributed by atoms with Crippen molar-refractivity contribution in [1.82, 2.24) is 10.6 Å². The van der Waals surface area contributed by atoms with E-state index in [2.05, 4.69) is 10.6 Å². The van der Waals surface area contributed by atoms with E-state index in [4.69, 9.17) is 14.2 Å². The molecule has 6 aliphatic rings. The second-order valence-electron chi connectivity index (χ2n) is 16.0. The van der Waals surface area contributed by atoms with Gasteiger partial charge in [-0.1, -0.05) is 18.6 Å². The number of benzene rings is 1. The number of ketones is 1. The molecular weight excluding hydrogens is 701 g/mol. The molecule has 13 nitrogen and oxygen atoms in total. The Morgan fingerprint density at radius 2 is 1.72 bits per heavy atom. The Labute approximate surface area is 313 Å². The lowest BCUT2D eigenvalue weighted by atomic mass is 9.48. The third kappa shape index (κ3) is 6.18. The summed E-state index contributed by atoms with van der Waals surface area (Å²) in [5.74, 6) is -3.18. The number of hydrogen-bond donors (Lipinski definition) is 4. The van der Waals surface area contributed by atoms with Crippen LogP contribution in [0.1, 0.15) is 58.8 Å². The molecule has 3 saturated carbocycles. The van der Waals surface area contributed by atoms with Gasteiger partial charge in [-0.05, 0) is 93.7 Å². The summed E-state index contributed by atoms with van der Waals surface area (Å²) >= 11 is 0. The first-order valence-corrected chi connectivity index (χ1v) is 19.1. The van der Waals surface area contributed by atoms with Gasteiger partial charge in [0.25, 0.3) is 5.91 Å². The van der Waals surface area contributed by atoms with E-state index >= 15 is 4.39 Å². The predicted molar refractivity (Wildman–Crippen MR) is 192 cm³/mol. The monoisotopic (exact) mass is 751 g/mol. The standard InChI is InChI=1S/C40H50FN3O10/c1-24-21-29-30-8-3-25-22-27(45)9-11-37(25,2)40(30,41)32(46)23-31(29)39(24,51)35(49)42-14-16-52-17-18-53-19-20-54-28-6-4-26(5-7-28)44-15-13-38(36(44)50)12-10-33(47)43-34(38)48/h4-7,9,11,22,24,29-32,46,51H,3,8,10,12-21,23H2,1-2H3,(H,42,49)(H,43,47,48)/t24-,29-,30+,31+,32+,37+,38-,39-,40+/m1/s1. The van der Waals surface area contributed by atoms with Gasteiger partial charge >= 0.3 is 0 Å². The maximum absolute atomic E-state index is 17.2. The number of nitrogens with zero attached hydrogens (tertiary/aromatic N) is 1. The second kappa shape index (κ2) is 14.6. The van der Waals surface area contributed by atoms with Crippen molar-refractivity contribution in [2.45, 2.75) is 76.2 Å². The fourth-order valence-electron chi connectivity index (χ4n) is 10.4. The largest absolute Gasteiger partial charge is 0.491 e. The van der Waals surface area contributed by atoms with Crippen LogP contribution in [0.15, 0.2) is 48.1 Å². The molecule has 7 rings (SSSR count). The summed E-state index contributed by atoms with van der Waals surface area (Å²) in [6, 6.07) is 6.99. The van der Waals surface area contributed by atoms with Gasteiger partial charge in [-0.3, -0.25) is 29.3 Å². The summed E-state index contributed by atoms with van der Waals surface area (Å²) in [5.41, 5.74) is -4.72. The maximum Gasteiger partial charge on any atom is 0.252 e. The summed E-state index contributed by atoms with van der Waals surface area (Å²) in [6.07, 6.45) is 5.18. The summed E-state index contributed by atoms with van der Waals surface area (Å²) in [5, 5.41) is 28.3. The highest BCUT2D eigenvalue weighted by molar-refractivity contribution is 6.18. The number of halogens is 1. The van der Waals surface area contributed by atoms with Gasteiger partial charge in [0.1, 0.15) is 23.4 Å². The van der Waals surface area contributed by atoms with Crippen molar-refractivity contribution in [2.75, 3.05) is 51.0 Å². The highest BCUT2D eigenvalue weighted by Gasteiger charge is 2.71. The van der Waals surface area contributed by atoms with E-state index in [0.29, 0.717) is 62.5 Å². The van der Waals surface area contributed by atoms with Crippen LogP contribution in [0.2, 0.25) is 0 Å². The number of fused-ring (bicyclic) bond motifs is 5. The SMILES string of the molecule is C[C@@H]1C[C@H]2[C@H](C[C@H](O)[C@@]3(F)[C@H]2CCC2=CC(=O)C=C[C@@]23C)[C@@]1(O)C(=O)NCCOCCOCCOc1ccc(N2CC[C@@]3(CCC(=O)NC3=O)C2=O)cc1. The lowest BCUT2D eigenvalue weighted by Crippen LogP contribution is -2.66. The molecule has 14 heteroatoms. The number of carbonyl (C=O) groups excluding carboxylic acids is 5. The van der Waals surface area contributed by atoms with E-state index in [-0.39, 0.29) is 69.1 Å². The number of aliphatic hydroxyl groups excluding tert-OH is 1. The van der Waals surface area contributed by atoms with Gasteiger partial charge in [0.2, 0.25) is 17.7 Å². The van der Waals surface area contributed by atoms with Crippen LogP contribution in [-0.2, 0) is 33.4 Å². The Balaban J connectivity index is 0.801. The average Bonchev–Trinajstić information content (AvgIpc) is 3.61. The Morgan fingerprint density at radius 1 is 1.00 bits per heavy atom. The van der Waals surface area contributed by atoms with Crippen LogP contribution in [0.25, 0.3) is 0 Å². The second-order valence-corrected chi connectivity index (χ2v) is 16.0. The van der Waals surface area contributed by atoms with Gasteiger partial charge in [0.05, 0.1) is 32.5 Å². The van der Waals surface area contributed by atoms with Crippen LogP contribution < -0.4 is 20.3 Å². The first-order chi connectivity index (χ1) is 25.8. The van der Waals surface area contributed by atoms with Gasteiger partial charge in [0, 0.05) is 42.4 Å². The number of carbonyl (C=O) groups is 5. The van der Waals surface area contributed by atoms with Gasteiger partial charge in [0.15, 0.2) is 11.5 Å². The lowest BCUT2D eigenvalue weighted by molar-refractivity contribution is -0.191. The molecule has 1 aromatic rings. The number of ether oxygens (including phenoxy) is 3. The van der Waals surface area contributed by atoms with E-state index in [1.54, 1.807) is 42.2 Å². The number of imide groups is 1. The Morgan fingerprint density at radius 3 is 2.46 bits per heavy atom. The molecule has 1 spiro atoms. The molecule has 2 aliphatic heterocycles. The van der Waals surface area contributed by atoms with Crippen LogP contribution in [0.5, 0.6) is 5.75 Å². The average molecular weight is 752 g/mol. The first kappa shape index (κ1) is 38.3. The molecule has 292 valence electrons. The maximum atomic E-state index is 17.2. The van der Waals surface area contributed by atoms with Crippen LogP contribution in [0.3, 0.4) is 0 Å². The minimum Gasteiger partial charge on any atom is -0.491 e. The van der Waals surface area contributed by atoms with E-state index in [1.807, 2.05) is 6.92 Å². The molecule has 0 radical (unpaired) electrons. The quantitative estimate of drug-likeness (QED) is 0.141. The zero-order valence-corrected chi connectivity index (χ0v) is 30.8. The predicted octanol–water partition coefficient (Wildman–Crippen LogP) is 2.33. The number of rotatable bonds is 12. The molecule has 2 saturated heterocycles. The summed E-state index contributed by atoms with van der Waals surface area (Å²) in [4.78, 5) is 64.3. The van der Waals surface area contributed by atoms with E-state index < -0.39 is 57.8 Å². The minimum atomic E-state index is -2.01. The molecule has 1 aromatic carbocycles. The van der Waals surface area contributed by atoms with Crippen molar-refractivity contribution >= 4 is 35.1 Å². The van der Waals surface area contributed by atoms with Gasteiger partial charge in [-0.25, -0.2) is 4.39 Å². The normalized spacial score (nSPS) is 37.1. The summed E-state index contributed by atoms with van der Waals surface area (Å²) in [7, 11) is 0. The number of anilines is 1. The zero-order chi connectivity index (χ0) is 38.5. The Kier molecular flexibility index (Phi) is 10.3. The number of allylic oxidation sites excluding steroid dienone is 4. The van der Waals surface area contributed by atoms with E-state index in [0.717, 1.165) is 0 Å². The molecule has 4 aliphatic carbocycles. The van der Waals surface area contributed by atoms with E-state index in [9.17, 15) is 34.2 Å². The topological polar surface area (TPSA) is 181 Å². The number of amides is 4. The van der Waals surface area contributed by atoms with Gasteiger partial charge in [-0.15, -0.1) is 0 Å². The lowest BCUT2D eigenvalue weighted by Gasteiger charge is -2.59. The Hall–Kier alpha value is -3.98. The molecule has 0 bridgehead atoms. The number of alkyl halides is 1. The number of piperidine rings is 1. The highest BCUT2D eigenvalue weighted by Crippen LogP contribution is 2.66. The molecule has 5 fully saturated rings. The number of aliphatic hydroxyl groups is 2. The molecule has 4 amide bonds. The van der Waals surface area contributed by atoms with Gasteiger partial charge in [-0.2, -0.15) is 0 Å². The fourth-order valence-corrected chi connectivity index (χ4v) is 10.4. The van der Waals surface area contributed by atoms with Crippen molar-refractivity contribution in [1.29, 1.82) is 0 Å². The molecule has 0 aromatic heterocycles. The number of hydrogen-bond acceptors (Lipinski definition) is 10. The highest BCUT2D eigenvalue weighted by atomic mass is 19.1. The molecular formula is C40H50FN3O10. The van der Waals surface area contributed by atoms with Crippen LogP contribution in [0.4, 0.5) is 10.1 Å². The fraction of sp³-hybridized carbons (Fsp3) is 0.625. The van der Waals surface area contributed by atoms with Crippen LogP contribution in [0, 0.1) is 34.5 Å². The molecule has 54 heavy (non-hydrogen) atoms. The molecule has 0 unspecified atom stereocenters. The third-order valence-corrected chi connectivity index (χ3v) is 13.4. The van der Waals surface area contributed by atoms with Crippen molar-refractivity contribution in [3.63, 3.8) is 0 Å². The molecule has 4 N–H and O–H groups in total. The van der Waals surface area contributed by atoms with Crippen molar-refractivity contribution in [3.8, 4) is 5.75 Å². The molecule has 2 heterocycles. The first-order valence-electron chi connectivity index (χ1n) is 19.1. The minimum absolute atomic E-state index is 0.0499. The van der Waals surface area contributed by atoms with Gasteiger partial charge < -0.3 is 34.6 Å². The molecule has 9 atom stereocenters. The van der Waals surface area contributed by atoms with Crippen molar-refractivity contribution in [3.05, 3.63) is 48.1 Å². The Bertz CT molecular complexity index is 1750. The van der Waals surface area contributed by atoms with E-state index in [1.165, 1.54) is 12.2 Å².